The minimum atomic E-state index is -0.559. The molecular weight excluding hydrogens is 468 g/mol. The Labute approximate surface area is 206 Å². The number of benzene rings is 2. The number of hydrogen-bond acceptors (Lipinski definition) is 5. The number of nitrogens with zero attached hydrogens (tertiary/aromatic N) is 4. The number of hydrogen-bond donors (Lipinski definition) is 0. The fourth-order valence-corrected chi connectivity index (χ4v) is 4.42. The first-order valence-electron chi connectivity index (χ1n) is 11.3. The summed E-state index contributed by atoms with van der Waals surface area (Å²) in [4.78, 5) is 47.3. The van der Waals surface area contributed by atoms with Crippen LogP contribution in [0.2, 0.25) is 5.02 Å². The molecule has 0 spiro atoms. The number of morpholine rings is 1. The molecule has 1 aliphatic heterocycles. The molecule has 0 atom stereocenters. The molecule has 1 fully saturated rings. The van der Waals surface area contributed by atoms with Gasteiger partial charge in [0.1, 0.15) is 0 Å². The lowest BCUT2D eigenvalue weighted by atomic mass is 10.1. The Bertz CT molecular complexity index is 1520. The fraction of sp³-hybridized carbons (Fsp3) is 0.231. The Morgan fingerprint density at radius 2 is 1.71 bits per heavy atom. The Balaban J connectivity index is 1.81. The third kappa shape index (κ3) is 4.38. The standard InChI is InChI=1S/C26H23ClN4O4/c1-17-15-21(24(32)29-11-13-35-14-12-29)22-23(28-17)31(20-5-3-2-4-6-20)26(34)30(25(22)33)16-18-7-9-19(27)10-8-18/h2-10,15H,11-14,16H2,1H3. The molecule has 4 aromatic rings. The lowest BCUT2D eigenvalue weighted by Gasteiger charge is -2.27. The van der Waals surface area contributed by atoms with Gasteiger partial charge in [-0.15, -0.1) is 0 Å². The van der Waals surface area contributed by atoms with Gasteiger partial charge in [-0.1, -0.05) is 41.9 Å². The summed E-state index contributed by atoms with van der Waals surface area (Å²) in [5.74, 6) is -0.280. The average Bonchev–Trinajstić information content (AvgIpc) is 2.88. The largest absolute Gasteiger partial charge is 0.378 e. The molecule has 0 radical (unpaired) electrons. The Morgan fingerprint density at radius 3 is 2.40 bits per heavy atom. The summed E-state index contributed by atoms with van der Waals surface area (Å²) < 4.78 is 7.92. The Kier molecular flexibility index (Phi) is 6.23. The SMILES string of the molecule is Cc1cc(C(=O)N2CCOCC2)c2c(=O)n(Cc3ccc(Cl)cc3)c(=O)n(-c3ccccc3)c2n1. The van der Waals surface area contributed by atoms with Gasteiger partial charge in [0.05, 0.1) is 36.4 Å². The zero-order valence-electron chi connectivity index (χ0n) is 19.1. The number of para-hydroxylation sites is 1. The van der Waals surface area contributed by atoms with Crippen LogP contribution in [-0.2, 0) is 11.3 Å². The maximum Gasteiger partial charge on any atom is 0.337 e. The van der Waals surface area contributed by atoms with Gasteiger partial charge < -0.3 is 9.64 Å². The predicted molar refractivity (Wildman–Crippen MR) is 134 cm³/mol. The molecule has 0 saturated carbocycles. The van der Waals surface area contributed by atoms with E-state index in [2.05, 4.69) is 4.98 Å². The highest BCUT2D eigenvalue weighted by atomic mass is 35.5. The van der Waals surface area contributed by atoms with Crippen LogP contribution in [0.4, 0.5) is 0 Å². The van der Waals surface area contributed by atoms with Gasteiger partial charge in [-0.25, -0.2) is 14.3 Å². The molecule has 2 aromatic carbocycles. The summed E-state index contributed by atoms with van der Waals surface area (Å²) in [6.07, 6.45) is 0. The van der Waals surface area contributed by atoms with Crippen molar-refractivity contribution >= 4 is 28.5 Å². The number of carbonyl (C=O) groups is 1. The molecule has 8 nitrogen and oxygen atoms in total. The maximum atomic E-state index is 13.8. The van der Waals surface area contributed by atoms with Gasteiger partial charge in [0.2, 0.25) is 0 Å². The normalized spacial score (nSPS) is 13.8. The molecule has 0 unspecified atom stereocenters. The second kappa shape index (κ2) is 9.48. The molecule has 9 heteroatoms. The van der Waals surface area contributed by atoms with Gasteiger partial charge in [0, 0.05) is 23.8 Å². The van der Waals surface area contributed by atoms with Crippen molar-refractivity contribution in [2.75, 3.05) is 26.3 Å². The number of carbonyl (C=O) groups excluding carboxylic acids is 1. The van der Waals surface area contributed by atoms with Gasteiger partial charge in [-0.3, -0.25) is 14.2 Å². The number of rotatable bonds is 4. The molecule has 35 heavy (non-hydrogen) atoms. The summed E-state index contributed by atoms with van der Waals surface area (Å²) in [6, 6.07) is 17.5. The summed E-state index contributed by atoms with van der Waals surface area (Å²) in [7, 11) is 0. The molecule has 1 aliphatic rings. The summed E-state index contributed by atoms with van der Waals surface area (Å²) in [5, 5.41) is 0.670. The van der Waals surface area contributed by atoms with E-state index in [9.17, 15) is 14.4 Å². The molecule has 1 amide bonds. The van der Waals surface area contributed by atoms with E-state index in [0.717, 1.165) is 10.1 Å². The highest BCUT2D eigenvalue weighted by Gasteiger charge is 2.26. The first-order valence-corrected chi connectivity index (χ1v) is 11.7. The topological polar surface area (TPSA) is 86.4 Å². The van der Waals surface area contributed by atoms with Crippen LogP contribution < -0.4 is 11.2 Å². The van der Waals surface area contributed by atoms with Crippen LogP contribution >= 0.6 is 11.6 Å². The van der Waals surface area contributed by atoms with E-state index in [0.29, 0.717) is 42.7 Å². The number of ether oxygens (including phenoxy) is 1. The Morgan fingerprint density at radius 1 is 1.03 bits per heavy atom. The summed E-state index contributed by atoms with van der Waals surface area (Å²) >= 11 is 6.01. The monoisotopic (exact) mass is 490 g/mol. The van der Waals surface area contributed by atoms with Gasteiger partial charge in [-0.2, -0.15) is 0 Å². The Hall–Kier alpha value is -3.75. The highest BCUT2D eigenvalue weighted by Crippen LogP contribution is 2.20. The molecule has 3 heterocycles. The number of pyridine rings is 1. The van der Waals surface area contributed by atoms with Gasteiger partial charge >= 0.3 is 5.69 Å². The van der Waals surface area contributed by atoms with E-state index < -0.39 is 11.2 Å². The van der Waals surface area contributed by atoms with Crippen LogP contribution in [0, 0.1) is 6.92 Å². The molecule has 1 saturated heterocycles. The molecule has 178 valence electrons. The van der Waals surface area contributed by atoms with Crippen LogP contribution in [-0.4, -0.2) is 51.2 Å². The minimum absolute atomic E-state index is 0.0245. The van der Waals surface area contributed by atoms with Crippen LogP contribution in [0.1, 0.15) is 21.6 Å². The third-order valence-corrected chi connectivity index (χ3v) is 6.27. The fourth-order valence-electron chi connectivity index (χ4n) is 4.29. The predicted octanol–water partition coefficient (Wildman–Crippen LogP) is 3.03. The molecule has 5 rings (SSSR count). The zero-order valence-corrected chi connectivity index (χ0v) is 19.9. The van der Waals surface area contributed by atoms with Crippen LogP contribution in [0.3, 0.4) is 0 Å². The summed E-state index contributed by atoms with van der Waals surface area (Å²) in [6.45, 7) is 3.50. The van der Waals surface area contributed by atoms with E-state index in [-0.39, 0.29) is 29.0 Å². The van der Waals surface area contributed by atoms with Gasteiger partial charge in [0.15, 0.2) is 5.65 Å². The average molecular weight is 491 g/mol. The van der Waals surface area contributed by atoms with Crippen molar-refractivity contribution in [3.05, 3.63) is 103 Å². The number of aromatic nitrogens is 3. The van der Waals surface area contributed by atoms with E-state index >= 15 is 0 Å². The first-order chi connectivity index (χ1) is 16.9. The van der Waals surface area contributed by atoms with Crippen molar-refractivity contribution in [1.82, 2.24) is 19.0 Å². The molecule has 0 aliphatic carbocycles. The number of halogens is 1. The third-order valence-electron chi connectivity index (χ3n) is 6.02. The van der Waals surface area contributed by atoms with Crippen molar-refractivity contribution in [1.29, 1.82) is 0 Å². The van der Waals surface area contributed by atoms with E-state index in [4.69, 9.17) is 16.3 Å². The molecule has 0 bridgehead atoms. The van der Waals surface area contributed by atoms with Crippen LogP contribution in [0.25, 0.3) is 16.7 Å². The lowest BCUT2D eigenvalue weighted by Crippen LogP contribution is -2.43. The maximum absolute atomic E-state index is 13.8. The number of fused-ring (bicyclic) bond motifs is 1. The zero-order chi connectivity index (χ0) is 24.5. The molecular formula is C26H23ClN4O4. The number of aryl methyl sites for hydroxylation is 1. The van der Waals surface area contributed by atoms with E-state index in [1.54, 1.807) is 66.4 Å². The molecule has 2 aromatic heterocycles. The second-order valence-corrected chi connectivity index (χ2v) is 8.82. The first kappa shape index (κ1) is 23.0. The van der Waals surface area contributed by atoms with Gasteiger partial charge in [-0.05, 0) is 42.8 Å². The smallest absolute Gasteiger partial charge is 0.337 e. The van der Waals surface area contributed by atoms with Gasteiger partial charge in [0.25, 0.3) is 11.5 Å². The quantitative estimate of drug-likeness (QED) is 0.439. The van der Waals surface area contributed by atoms with Crippen LogP contribution in [0.15, 0.2) is 70.3 Å². The van der Waals surface area contributed by atoms with Crippen LogP contribution in [0.5, 0.6) is 0 Å². The number of amides is 1. The van der Waals surface area contributed by atoms with Crippen molar-refractivity contribution < 1.29 is 9.53 Å². The minimum Gasteiger partial charge on any atom is -0.378 e. The van der Waals surface area contributed by atoms with Crippen molar-refractivity contribution in [3.8, 4) is 5.69 Å². The van der Waals surface area contributed by atoms with Crippen molar-refractivity contribution in [2.45, 2.75) is 13.5 Å². The summed E-state index contributed by atoms with van der Waals surface area (Å²) in [5.41, 5.74) is 1.11. The van der Waals surface area contributed by atoms with E-state index in [1.165, 1.54) is 4.57 Å². The lowest BCUT2D eigenvalue weighted by molar-refractivity contribution is 0.0304. The highest BCUT2D eigenvalue weighted by molar-refractivity contribution is 6.30. The van der Waals surface area contributed by atoms with Crippen molar-refractivity contribution in [2.24, 2.45) is 0 Å². The second-order valence-electron chi connectivity index (χ2n) is 8.39. The van der Waals surface area contributed by atoms with Crippen molar-refractivity contribution in [3.63, 3.8) is 0 Å². The molecule has 0 N–H and O–H groups in total. The van der Waals surface area contributed by atoms with E-state index in [1.807, 2.05) is 6.07 Å².